The zero-order chi connectivity index (χ0) is 50.0. The van der Waals surface area contributed by atoms with Gasteiger partial charge in [-0.15, -0.1) is 0 Å². The SMILES string of the molecule is CC/C=C\C/C=C\C/C=C\C/C=C\C/C=C\CCCCCC(=O)OC(COC(=O)CCCCCCCCCCC)COC(=O)CCCCCCCCCCCCC/C=C\C/C=C\CCCCCCC. The minimum atomic E-state index is -0.793. The monoisotopic (exact) mass is 961 g/mol. The lowest BCUT2D eigenvalue weighted by Gasteiger charge is -2.18. The molecule has 0 heterocycles. The summed E-state index contributed by atoms with van der Waals surface area (Å²) < 4.78 is 16.8. The van der Waals surface area contributed by atoms with Crippen LogP contribution in [0, 0.1) is 0 Å². The quantitative estimate of drug-likeness (QED) is 0.0262. The van der Waals surface area contributed by atoms with Crippen molar-refractivity contribution in [3.05, 3.63) is 85.1 Å². The Balaban J connectivity index is 4.31. The maximum absolute atomic E-state index is 12.8. The van der Waals surface area contributed by atoms with Crippen LogP contribution in [0.25, 0.3) is 0 Å². The summed E-state index contributed by atoms with van der Waals surface area (Å²) in [5, 5.41) is 0. The van der Waals surface area contributed by atoms with E-state index < -0.39 is 6.10 Å². The van der Waals surface area contributed by atoms with E-state index in [0.717, 1.165) is 103 Å². The molecule has 1 unspecified atom stereocenters. The van der Waals surface area contributed by atoms with Crippen molar-refractivity contribution >= 4 is 17.9 Å². The topological polar surface area (TPSA) is 78.9 Å². The van der Waals surface area contributed by atoms with Gasteiger partial charge in [-0.2, -0.15) is 0 Å². The van der Waals surface area contributed by atoms with E-state index in [1.54, 1.807) is 0 Å². The van der Waals surface area contributed by atoms with Gasteiger partial charge in [0.15, 0.2) is 6.10 Å². The van der Waals surface area contributed by atoms with Gasteiger partial charge in [0.05, 0.1) is 0 Å². The molecule has 0 radical (unpaired) electrons. The van der Waals surface area contributed by atoms with E-state index in [0.29, 0.717) is 12.8 Å². The predicted octanol–water partition coefficient (Wildman–Crippen LogP) is 19.5. The Morgan fingerprint density at radius 2 is 0.565 bits per heavy atom. The predicted molar refractivity (Wildman–Crippen MR) is 297 cm³/mol. The van der Waals surface area contributed by atoms with Crippen LogP contribution in [-0.2, 0) is 28.6 Å². The molecule has 0 aromatic carbocycles. The van der Waals surface area contributed by atoms with Crippen LogP contribution in [0.2, 0.25) is 0 Å². The molecule has 0 rings (SSSR count). The Morgan fingerprint density at radius 3 is 0.899 bits per heavy atom. The van der Waals surface area contributed by atoms with Crippen LogP contribution in [0.4, 0.5) is 0 Å². The first kappa shape index (κ1) is 65.6. The third-order valence-electron chi connectivity index (χ3n) is 12.4. The molecule has 6 heteroatoms. The number of hydrogen-bond donors (Lipinski definition) is 0. The molecular formula is C63H108O6. The van der Waals surface area contributed by atoms with Crippen molar-refractivity contribution in [1.29, 1.82) is 0 Å². The van der Waals surface area contributed by atoms with Gasteiger partial charge in [0.1, 0.15) is 13.2 Å². The number of carbonyl (C=O) groups is 3. The summed E-state index contributed by atoms with van der Waals surface area (Å²) in [6.45, 7) is 6.48. The molecule has 0 saturated heterocycles. The van der Waals surface area contributed by atoms with Crippen LogP contribution in [0.3, 0.4) is 0 Å². The average Bonchev–Trinajstić information content (AvgIpc) is 3.35. The highest BCUT2D eigenvalue weighted by Crippen LogP contribution is 2.15. The Labute approximate surface area is 426 Å². The standard InChI is InChI=1S/C63H108O6/c1-4-7-10-13-16-19-21-23-25-27-29-30-31-32-34-35-37-39-41-44-47-50-53-56-62(65)68-59-60(58-67-61(64)55-52-49-46-43-18-15-12-9-6-3)69-63(66)57-54-51-48-45-42-40-38-36-33-28-26-24-22-20-17-14-11-8-5-2/h8,11,17,20-21,23-24,26-27,29,33,36,40,42,60H,4-7,9-10,12-16,18-19,22,25,28,30-32,34-35,37-39,41,43-59H2,1-3H3/b11-8-,20-17-,23-21-,26-24-,29-27-,36-33-,42-40-. The summed E-state index contributed by atoms with van der Waals surface area (Å²) in [4.78, 5) is 38.1. The molecule has 0 aliphatic heterocycles. The van der Waals surface area contributed by atoms with Gasteiger partial charge >= 0.3 is 17.9 Å². The summed E-state index contributed by atoms with van der Waals surface area (Å²) in [7, 11) is 0. The first-order valence-corrected chi connectivity index (χ1v) is 29.1. The molecule has 0 saturated carbocycles. The normalized spacial score (nSPS) is 12.7. The molecule has 0 bridgehead atoms. The van der Waals surface area contributed by atoms with E-state index in [1.807, 2.05) is 0 Å². The van der Waals surface area contributed by atoms with Gasteiger partial charge in [-0.05, 0) is 96.3 Å². The number of unbranched alkanes of at least 4 members (excludes halogenated alkanes) is 27. The minimum absolute atomic E-state index is 0.0891. The van der Waals surface area contributed by atoms with Gasteiger partial charge in [0.2, 0.25) is 0 Å². The van der Waals surface area contributed by atoms with Gasteiger partial charge in [-0.3, -0.25) is 14.4 Å². The number of carbonyl (C=O) groups excluding carboxylic acids is 3. The molecule has 69 heavy (non-hydrogen) atoms. The van der Waals surface area contributed by atoms with Crippen LogP contribution in [0.1, 0.15) is 278 Å². The zero-order valence-corrected chi connectivity index (χ0v) is 45.3. The smallest absolute Gasteiger partial charge is 0.306 e. The van der Waals surface area contributed by atoms with Crippen molar-refractivity contribution in [2.45, 2.75) is 284 Å². The maximum atomic E-state index is 12.8. The van der Waals surface area contributed by atoms with Crippen molar-refractivity contribution in [3.63, 3.8) is 0 Å². The lowest BCUT2D eigenvalue weighted by molar-refractivity contribution is -0.167. The second-order valence-electron chi connectivity index (χ2n) is 19.2. The second kappa shape index (κ2) is 57.2. The van der Waals surface area contributed by atoms with Gasteiger partial charge in [0.25, 0.3) is 0 Å². The average molecular weight is 962 g/mol. The minimum Gasteiger partial charge on any atom is -0.462 e. The molecule has 396 valence electrons. The van der Waals surface area contributed by atoms with Crippen LogP contribution >= 0.6 is 0 Å². The van der Waals surface area contributed by atoms with Crippen molar-refractivity contribution < 1.29 is 28.6 Å². The zero-order valence-electron chi connectivity index (χ0n) is 45.3. The fraction of sp³-hybridized carbons (Fsp3) is 0.730. The number of esters is 3. The van der Waals surface area contributed by atoms with E-state index >= 15 is 0 Å². The van der Waals surface area contributed by atoms with E-state index in [2.05, 4.69) is 106 Å². The van der Waals surface area contributed by atoms with Crippen molar-refractivity contribution in [2.24, 2.45) is 0 Å². The molecule has 0 N–H and O–H groups in total. The molecule has 0 amide bonds. The van der Waals surface area contributed by atoms with Gasteiger partial charge in [0, 0.05) is 19.3 Å². The van der Waals surface area contributed by atoms with Crippen molar-refractivity contribution in [2.75, 3.05) is 13.2 Å². The molecule has 0 spiro atoms. The molecule has 0 aromatic heterocycles. The molecule has 0 fully saturated rings. The summed E-state index contributed by atoms with van der Waals surface area (Å²) in [6, 6.07) is 0. The lowest BCUT2D eigenvalue weighted by atomic mass is 10.0. The Morgan fingerprint density at radius 1 is 0.304 bits per heavy atom. The Kier molecular flexibility index (Phi) is 54.3. The third-order valence-corrected chi connectivity index (χ3v) is 12.4. The summed E-state index contributed by atoms with van der Waals surface area (Å²) >= 11 is 0. The Hall–Kier alpha value is -3.41. The number of allylic oxidation sites excluding steroid dienone is 14. The lowest BCUT2D eigenvalue weighted by Crippen LogP contribution is -2.30. The second-order valence-corrected chi connectivity index (χ2v) is 19.2. The van der Waals surface area contributed by atoms with Crippen LogP contribution in [0.15, 0.2) is 85.1 Å². The molecule has 0 aromatic rings. The first-order chi connectivity index (χ1) is 34.0. The van der Waals surface area contributed by atoms with Gasteiger partial charge in [-0.25, -0.2) is 0 Å². The summed E-state index contributed by atoms with van der Waals surface area (Å²) in [5.74, 6) is -0.921. The molecule has 0 aliphatic rings. The number of rotatable bonds is 52. The fourth-order valence-corrected chi connectivity index (χ4v) is 8.03. The number of hydrogen-bond acceptors (Lipinski definition) is 6. The molecular weight excluding hydrogens is 853 g/mol. The van der Waals surface area contributed by atoms with E-state index in [1.165, 1.54) is 135 Å². The summed E-state index contributed by atoms with van der Waals surface area (Å²) in [6.07, 6.45) is 74.4. The highest BCUT2D eigenvalue weighted by atomic mass is 16.6. The van der Waals surface area contributed by atoms with Gasteiger partial charge in [-0.1, -0.05) is 247 Å². The third kappa shape index (κ3) is 55.4. The van der Waals surface area contributed by atoms with Crippen molar-refractivity contribution in [1.82, 2.24) is 0 Å². The molecule has 6 nitrogen and oxygen atoms in total. The fourth-order valence-electron chi connectivity index (χ4n) is 8.03. The maximum Gasteiger partial charge on any atom is 0.306 e. The summed E-state index contributed by atoms with van der Waals surface area (Å²) in [5.41, 5.74) is 0. The number of ether oxygens (including phenoxy) is 3. The van der Waals surface area contributed by atoms with Crippen molar-refractivity contribution in [3.8, 4) is 0 Å². The Bertz CT molecular complexity index is 1330. The largest absolute Gasteiger partial charge is 0.462 e. The molecule has 0 aliphatic carbocycles. The van der Waals surface area contributed by atoms with Gasteiger partial charge < -0.3 is 14.2 Å². The van der Waals surface area contributed by atoms with E-state index in [4.69, 9.17) is 14.2 Å². The van der Waals surface area contributed by atoms with E-state index in [-0.39, 0.29) is 37.5 Å². The van der Waals surface area contributed by atoms with E-state index in [9.17, 15) is 14.4 Å². The highest BCUT2D eigenvalue weighted by Gasteiger charge is 2.19. The van der Waals surface area contributed by atoms with Crippen LogP contribution in [0.5, 0.6) is 0 Å². The van der Waals surface area contributed by atoms with Crippen LogP contribution < -0.4 is 0 Å². The highest BCUT2D eigenvalue weighted by molar-refractivity contribution is 5.71. The molecule has 1 atom stereocenters. The van der Waals surface area contributed by atoms with Crippen LogP contribution in [-0.4, -0.2) is 37.2 Å². The first-order valence-electron chi connectivity index (χ1n) is 29.1.